The fourth-order valence-electron chi connectivity index (χ4n) is 7.35. The molecule has 0 bridgehead atoms. The van der Waals surface area contributed by atoms with Crippen molar-refractivity contribution in [2.45, 2.75) is 0 Å². The summed E-state index contributed by atoms with van der Waals surface area (Å²) in [6.45, 7) is 0. The van der Waals surface area contributed by atoms with E-state index in [0.29, 0.717) is 0 Å². The molecule has 7 aromatic carbocycles. The van der Waals surface area contributed by atoms with Crippen LogP contribution in [0, 0.1) is 0 Å². The van der Waals surface area contributed by atoms with E-state index < -0.39 is 0 Å². The molecule has 0 saturated carbocycles. The highest BCUT2D eigenvalue weighted by atomic mass is 16.3. The highest BCUT2D eigenvalue weighted by Crippen LogP contribution is 2.43. The van der Waals surface area contributed by atoms with E-state index in [1.54, 1.807) is 0 Å². The Labute approximate surface area is 282 Å². The average Bonchev–Trinajstić information content (AvgIpc) is 3.71. The molecule has 0 aliphatic carbocycles. The largest absolute Gasteiger partial charge is 0.454 e. The molecule has 3 aromatic heterocycles. The van der Waals surface area contributed by atoms with E-state index in [4.69, 9.17) is 9.40 Å². The van der Waals surface area contributed by atoms with Crippen LogP contribution in [0.1, 0.15) is 0 Å². The van der Waals surface area contributed by atoms with Crippen LogP contribution in [0.5, 0.6) is 0 Å². The molecule has 4 heteroatoms. The van der Waals surface area contributed by atoms with Gasteiger partial charge in [0.1, 0.15) is 11.3 Å². The second kappa shape index (κ2) is 11.0. The van der Waals surface area contributed by atoms with Crippen LogP contribution >= 0.6 is 0 Å². The van der Waals surface area contributed by atoms with Crippen molar-refractivity contribution in [2.24, 2.45) is 0 Å². The van der Waals surface area contributed by atoms with Gasteiger partial charge in [-0.15, -0.1) is 0 Å². The number of fused-ring (bicyclic) bond motifs is 7. The molecule has 0 fully saturated rings. The van der Waals surface area contributed by atoms with Crippen molar-refractivity contribution in [1.29, 1.82) is 0 Å². The van der Waals surface area contributed by atoms with Crippen molar-refractivity contribution in [3.05, 3.63) is 176 Å². The highest BCUT2D eigenvalue weighted by molar-refractivity contribution is 6.14. The molecule has 0 spiro atoms. The molecule has 0 radical (unpaired) electrons. The van der Waals surface area contributed by atoms with E-state index in [9.17, 15) is 0 Å². The van der Waals surface area contributed by atoms with Crippen molar-refractivity contribution >= 4 is 71.6 Å². The van der Waals surface area contributed by atoms with Gasteiger partial charge >= 0.3 is 0 Å². The molecular weight excluding hydrogens is 599 g/mol. The van der Waals surface area contributed by atoms with Crippen molar-refractivity contribution < 1.29 is 4.42 Å². The first-order valence-corrected chi connectivity index (χ1v) is 16.5. The lowest BCUT2D eigenvalue weighted by Gasteiger charge is -2.26. The van der Waals surface area contributed by atoms with Gasteiger partial charge < -0.3 is 13.9 Å². The monoisotopic (exact) mass is 627 g/mol. The minimum absolute atomic E-state index is 0.803. The maximum absolute atomic E-state index is 6.57. The van der Waals surface area contributed by atoms with Gasteiger partial charge in [-0.25, -0.2) is 0 Å². The first-order chi connectivity index (χ1) is 24.3. The molecule has 10 rings (SSSR count). The van der Waals surface area contributed by atoms with Gasteiger partial charge in [0, 0.05) is 44.8 Å². The number of benzene rings is 7. The predicted octanol–water partition coefficient (Wildman–Crippen LogP) is 12.4. The summed E-state index contributed by atoms with van der Waals surface area (Å²) in [5, 5.41) is 6.98. The van der Waals surface area contributed by atoms with E-state index in [1.165, 1.54) is 38.1 Å². The summed E-state index contributed by atoms with van der Waals surface area (Å²) in [5.74, 6) is 0. The van der Waals surface area contributed by atoms with Crippen LogP contribution in [0.4, 0.5) is 17.1 Å². The van der Waals surface area contributed by atoms with Crippen molar-refractivity contribution in [3.63, 3.8) is 0 Å². The zero-order valence-electron chi connectivity index (χ0n) is 26.5. The first-order valence-electron chi connectivity index (χ1n) is 16.5. The third-order valence-corrected chi connectivity index (χ3v) is 9.63. The van der Waals surface area contributed by atoms with E-state index in [-0.39, 0.29) is 0 Å². The van der Waals surface area contributed by atoms with Crippen molar-refractivity contribution in [3.8, 4) is 16.8 Å². The van der Waals surface area contributed by atoms with Gasteiger partial charge in [0.2, 0.25) is 0 Å². The number of hydrogen-bond acceptors (Lipinski definition) is 3. The molecule has 0 atom stereocenters. The Morgan fingerprint density at radius 3 is 2.04 bits per heavy atom. The molecule has 4 nitrogen and oxygen atoms in total. The van der Waals surface area contributed by atoms with Gasteiger partial charge in [-0.2, -0.15) is 0 Å². The maximum Gasteiger partial charge on any atom is 0.162 e. The fraction of sp³-hybridized carbons (Fsp3) is 0. The van der Waals surface area contributed by atoms with E-state index in [1.807, 2.05) is 36.7 Å². The maximum atomic E-state index is 6.57. The lowest BCUT2D eigenvalue weighted by atomic mass is 10.0. The molecule has 0 unspecified atom stereocenters. The van der Waals surface area contributed by atoms with Gasteiger partial charge in [-0.1, -0.05) is 109 Å². The van der Waals surface area contributed by atoms with Gasteiger partial charge in [0.25, 0.3) is 0 Å². The summed E-state index contributed by atoms with van der Waals surface area (Å²) in [7, 11) is 0. The first kappa shape index (κ1) is 27.5. The number of hydrogen-bond donors (Lipinski definition) is 0. The van der Waals surface area contributed by atoms with E-state index >= 15 is 0 Å². The quantitative estimate of drug-likeness (QED) is 0.190. The van der Waals surface area contributed by atoms with Crippen LogP contribution in [0.2, 0.25) is 0 Å². The van der Waals surface area contributed by atoms with Gasteiger partial charge in [-0.3, -0.25) is 4.98 Å². The molecule has 0 amide bonds. The number of furan rings is 1. The summed E-state index contributed by atoms with van der Waals surface area (Å²) in [6.07, 6.45) is 3.81. The zero-order chi connectivity index (χ0) is 32.3. The van der Waals surface area contributed by atoms with Crippen LogP contribution in [0.3, 0.4) is 0 Å². The molecule has 0 aliphatic rings. The number of rotatable bonds is 5. The minimum atomic E-state index is 0.803. The lowest BCUT2D eigenvalue weighted by molar-refractivity contribution is 0.668. The Hall–Kier alpha value is -6.65. The molecule has 3 heterocycles. The summed E-state index contributed by atoms with van der Waals surface area (Å²) in [5.41, 5.74) is 10.3. The Kier molecular flexibility index (Phi) is 6.15. The van der Waals surface area contributed by atoms with Crippen molar-refractivity contribution in [1.82, 2.24) is 9.55 Å². The molecule has 0 aliphatic heterocycles. The van der Waals surface area contributed by atoms with E-state index in [2.05, 4.69) is 149 Å². The lowest BCUT2D eigenvalue weighted by Crippen LogP contribution is -2.11. The zero-order valence-corrected chi connectivity index (χ0v) is 26.5. The van der Waals surface area contributed by atoms with Crippen LogP contribution < -0.4 is 4.90 Å². The molecule has 0 N–H and O–H groups in total. The fourth-order valence-corrected chi connectivity index (χ4v) is 7.35. The number of aromatic nitrogens is 2. The Morgan fingerprint density at radius 1 is 0.469 bits per heavy atom. The average molecular weight is 628 g/mol. The summed E-state index contributed by atoms with van der Waals surface area (Å²) in [6, 6.07) is 58.1. The second-order valence-electron chi connectivity index (χ2n) is 12.5. The number of anilines is 3. The summed E-state index contributed by atoms with van der Waals surface area (Å²) < 4.78 is 8.96. The minimum Gasteiger partial charge on any atom is -0.454 e. The predicted molar refractivity (Wildman–Crippen MR) is 203 cm³/mol. The van der Waals surface area contributed by atoms with Gasteiger partial charge in [0.15, 0.2) is 5.58 Å². The second-order valence-corrected chi connectivity index (χ2v) is 12.5. The van der Waals surface area contributed by atoms with Gasteiger partial charge in [-0.05, 0) is 76.5 Å². The highest BCUT2D eigenvalue weighted by Gasteiger charge is 2.21. The number of pyridine rings is 1. The molecule has 10 aromatic rings. The number of nitrogens with zero attached hydrogens (tertiary/aromatic N) is 3. The molecule has 0 saturated heterocycles. The topological polar surface area (TPSA) is 34.2 Å². The Bertz CT molecular complexity index is 2830. The van der Waals surface area contributed by atoms with Crippen LogP contribution in [-0.4, -0.2) is 9.55 Å². The van der Waals surface area contributed by atoms with Crippen molar-refractivity contribution in [2.75, 3.05) is 4.90 Å². The van der Waals surface area contributed by atoms with Crippen LogP contribution in [0.15, 0.2) is 181 Å². The summed E-state index contributed by atoms with van der Waals surface area (Å²) >= 11 is 0. The van der Waals surface area contributed by atoms with Crippen LogP contribution in [-0.2, 0) is 0 Å². The third kappa shape index (κ3) is 4.42. The third-order valence-electron chi connectivity index (χ3n) is 9.63. The number of para-hydroxylation sites is 2. The summed E-state index contributed by atoms with van der Waals surface area (Å²) in [4.78, 5) is 7.01. The van der Waals surface area contributed by atoms with E-state index in [0.717, 1.165) is 50.3 Å². The molecule has 230 valence electrons. The SMILES string of the molecule is c1ccc(-c2ccc(N(c3cccc(-n4c5ccccc5c5cc6ccccc6cc54)c3)c3cncc4c3oc3ccccc34)cc2)cc1. The standard InChI is InChI=1S/C45H29N3O/c1-2-11-30(12-3-1)31-21-23-34(24-22-31)47(43-29-46-28-40-38-18-7-9-20-44(38)49-45(40)43)35-15-10-16-36(27-35)48-41-19-8-6-17-37(41)39-25-32-13-4-5-14-33(32)26-42(39)48/h1-29H. The molecular formula is C45H29N3O. The Morgan fingerprint density at radius 2 is 1.18 bits per heavy atom. The molecule has 49 heavy (non-hydrogen) atoms. The smallest absolute Gasteiger partial charge is 0.162 e. The van der Waals surface area contributed by atoms with Gasteiger partial charge in [0.05, 0.1) is 17.2 Å². The van der Waals surface area contributed by atoms with Crippen LogP contribution in [0.25, 0.3) is 71.3 Å². The Balaban J connectivity index is 1.21. The normalized spacial score (nSPS) is 11.7.